The zero-order valence-corrected chi connectivity index (χ0v) is 15.9. The second kappa shape index (κ2) is 10.8. The summed E-state index contributed by atoms with van der Waals surface area (Å²) >= 11 is 0. The minimum Gasteiger partial charge on any atom is -0.453 e. The lowest BCUT2D eigenvalue weighted by atomic mass is 10.2. The highest BCUT2D eigenvalue weighted by Crippen LogP contribution is 2.24. The van der Waals surface area contributed by atoms with Crippen LogP contribution in [0.1, 0.15) is 25.3 Å². The number of unbranched alkanes of at least 4 members (excludes halogenated alkanes) is 1. The van der Waals surface area contributed by atoms with E-state index < -0.39 is 5.82 Å². The number of hydrogen-bond donors (Lipinski definition) is 2. The van der Waals surface area contributed by atoms with Crippen molar-refractivity contribution in [1.29, 1.82) is 0 Å². The number of pyridine rings is 1. The van der Waals surface area contributed by atoms with Gasteiger partial charge >= 0.3 is 0 Å². The van der Waals surface area contributed by atoms with Gasteiger partial charge in [-0.3, -0.25) is 4.98 Å². The molecule has 0 unspecified atom stereocenters. The average Bonchev–Trinajstić information content (AvgIpc) is 2.56. The highest BCUT2D eigenvalue weighted by molar-refractivity contribution is 14.0. The number of aromatic nitrogens is 1. The molecule has 0 aliphatic rings. The van der Waals surface area contributed by atoms with Crippen molar-refractivity contribution in [3.63, 3.8) is 0 Å². The number of halogens is 2. The molecule has 0 radical (unpaired) electrons. The number of nitrogens with zero attached hydrogens (tertiary/aromatic N) is 2. The summed E-state index contributed by atoms with van der Waals surface area (Å²) in [6.07, 6.45) is 5.28. The van der Waals surface area contributed by atoms with Gasteiger partial charge in [-0.15, -0.1) is 24.0 Å². The smallest absolute Gasteiger partial charge is 0.188 e. The minimum absolute atomic E-state index is 0. The molecular weight excluding hydrogens is 422 g/mol. The molecule has 0 aliphatic carbocycles. The Labute approximate surface area is 158 Å². The van der Waals surface area contributed by atoms with Crippen LogP contribution in [0.5, 0.6) is 11.5 Å². The van der Waals surface area contributed by atoms with Crippen LogP contribution in [0, 0.1) is 5.82 Å². The van der Waals surface area contributed by atoms with Crippen LogP contribution in [0.15, 0.2) is 47.7 Å². The molecule has 0 aliphatic heterocycles. The first-order valence-corrected chi connectivity index (χ1v) is 7.59. The lowest BCUT2D eigenvalue weighted by Gasteiger charge is -2.08. The number of hydrogen-bond acceptors (Lipinski definition) is 3. The molecule has 1 aromatic carbocycles. The van der Waals surface area contributed by atoms with E-state index in [1.807, 2.05) is 0 Å². The Hall–Kier alpha value is -1.90. The zero-order valence-electron chi connectivity index (χ0n) is 13.5. The van der Waals surface area contributed by atoms with Crippen LogP contribution >= 0.6 is 24.0 Å². The van der Waals surface area contributed by atoms with E-state index in [1.54, 1.807) is 30.5 Å². The fourth-order valence-electron chi connectivity index (χ4n) is 1.89. The minimum atomic E-state index is -0.445. The van der Waals surface area contributed by atoms with Crippen LogP contribution < -0.4 is 15.8 Å². The lowest BCUT2D eigenvalue weighted by Crippen LogP contribution is -2.32. The van der Waals surface area contributed by atoms with Crippen molar-refractivity contribution in [2.24, 2.45) is 10.7 Å². The molecule has 130 valence electrons. The molecule has 0 fully saturated rings. The molecule has 0 saturated carbocycles. The van der Waals surface area contributed by atoms with Crippen LogP contribution in [-0.2, 0) is 6.54 Å². The Morgan fingerprint density at radius 1 is 1.38 bits per heavy atom. The third-order valence-electron chi connectivity index (χ3n) is 3.13. The van der Waals surface area contributed by atoms with Gasteiger partial charge in [-0.1, -0.05) is 19.4 Å². The first-order chi connectivity index (χ1) is 11.2. The molecule has 2 rings (SSSR count). The SMILES string of the molecule is CCCCNC(N)=NCc1ccc(Oc2cccnc2)c(F)c1.I. The predicted molar refractivity (Wildman–Crippen MR) is 104 cm³/mol. The van der Waals surface area contributed by atoms with Gasteiger partial charge in [0.1, 0.15) is 5.75 Å². The molecule has 5 nitrogen and oxygen atoms in total. The Balaban J connectivity index is 0.00000288. The monoisotopic (exact) mass is 444 g/mol. The van der Waals surface area contributed by atoms with Crippen molar-refractivity contribution in [2.45, 2.75) is 26.3 Å². The van der Waals surface area contributed by atoms with E-state index in [0.29, 0.717) is 18.3 Å². The van der Waals surface area contributed by atoms with Crippen LogP contribution in [0.25, 0.3) is 0 Å². The van der Waals surface area contributed by atoms with E-state index in [-0.39, 0.29) is 29.7 Å². The molecule has 3 N–H and O–H groups in total. The molecule has 7 heteroatoms. The summed E-state index contributed by atoms with van der Waals surface area (Å²) in [7, 11) is 0. The number of aliphatic imine (C=N–C) groups is 1. The third kappa shape index (κ3) is 6.69. The summed E-state index contributed by atoms with van der Waals surface area (Å²) in [6, 6.07) is 8.18. The standard InChI is InChI=1S/C17H21FN4O.HI/c1-2-3-9-21-17(19)22-11-13-6-7-16(15(18)10-13)23-14-5-4-8-20-12-14;/h4-8,10,12H,2-3,9,11H2,1H3,(H3,19,21,22);1H. The maximum Gasteiger partial charge on any atom is 0.188 e. The summed E-state index contributed by atoms with van der Waals surface area (Å²) in [5, 5.41) is 3.01. The highest BCUT2D eigenvalue weighted by Gasteiger charge is 2.06. The van der Waals surface area contributed by atoms with Gasteiger partial charge in [-0.05, 0) is 36.2 Å². The summed E-state index contributed by atoms with van der Waals surface area (Å²) in [5.74, 6) is 0.565. The van der Waals surface area contributed by atoms with Gasteiger partial charge < -0.3 is 15.8 Å². The molecule has 0 bridgehead atoms. The predicted octanol–water partition coefficient (Wildman–Crippen LogP) is 3.84. The second-order valence-electron chi connectivity index (χ2n) is 5.04. The fourth-order valence-corrected chi connectivity index (χ4v) is 1.89. The summed E-state index contributed by atoms with van der Waals surface area (Å²) in [5.41, 5.74) is 6.47. The van der Waals surface area contributed by atoms with Crippen molar-refractivity contribution < 1.29 is 9.13 Å². The van der Waals surface area contributed by atoms with Crippen molar-refractivity contribution in [1.82, 2.24) is 10.3 Å². The van der Waals surface area contributed by atoms with Crippen molar-refractivity contribution in [3.05, 3.63) is 54.1 Å². The number of benzene rings is 1. The Morgan fingerprint density at radius 3 is 2.88 bits per heavy atom. The second-order valence-corrected chi connectivity index (χ2v) is 5.04. The van der Waals surface area contributed by atoms with Gasteiger partial charge in [-0.2, -0.15) is 0 Å². The molecule has 1 heterocycles. The number of ether oxygens (including phenoxy) is 1. The molecule has 0 atom stereocenters. The van der Waals surface area contributed by atoms with Crippen LogP contribution in [-0.4, -0.2) is 17.5 Å². The van der Waals surface area contributed by atoms with Crippen molar-refractivity contribution >= 4 is 29.9 Å². The molecular formula is C17H22FIN4O. The maximum atomic E-state index is 14.1. The van der Waals surface area contributed by atoms with Crippen LogP contribution in [0.2, 0.25) is 0 Å². The number of guanidine groups is 1. The molecule has 0 spiro atoms. The van der Waals surface area contributed by atoms with E-state index in [1.165, 1.54) is 12.3 Å². The quantitative estimate of drug-likeness (QED) is 0.295. The molecule has 2 aromatic rings. The number of nitrogens with two attached hydrogens (primary N) is 1. The van der Waals surface area contributed by atoms with Crippen LogP contribution in [0.4, 0.5) is 4.39 Å². The average molecular weight is 444 g/mol. The zero-order chi connectivity index (χ0) is 16.5. The Bertz CT molecular complexity index is 652. The van der Waals surface area contributed by atoms with Gasteiger partial charge in [0, 0.05) is 12.7 Å². The summed E-state index contributed by atoms with van der Waals surface area (Å²) in [6.45, 7) is 3.21. The van der Waals surface area contributed by atoms with E-state index in [0.717, 1.165) is 24.9 Å². The van der Waals surface area contributed by atoms with E-state index >= 15 is 0 Å². The van der Waals surface area contributed by atoms with Crippen LogP contribution in [0.3, 0.4) is 0 Å². The Morgan fingerprint density at radius 2 is 2.21 bits per heavy atom. The maximum absolute atomic E-state index is 14.1. The van der Waals surface area contributed by atoms with Crippen molar-refractivity contribution in [3.8, 4) is 11.5 Å². The summed E-state index contributed by atoms with van der Waals surface area (Å²) in [4.78, 5) is 8.11. The van der Waals surface area contributed by atoms with Crippen molar-refractivity contribution in [2.75, 3.05) is 6.54 Å². The Kier molecular flexibility index (Phi) is 9.06. The number of rotatable bonds is 7. The molecule has 0 amide bonds. The third-order valence-corrected chi connectivity index (χ3v) is 3.13. The van der Waals surface area contributed by atoms with Gasteiger partial charge in [0.15, 0.2) is 17.5 Å². The van der Waals surface area contributed by atoms with Gasteiger partial charge in [0.25, 0.3) is 0 Å². The summed E-state index contributed by atoms with van der Waals surface area (Å²) < 4.78 is 19.5. The number of nitrogens with one attached hydrogen (secondary N) is 1. The van der Waals surface area contributed by atoms with E-state index in [4.69, 9.17) is 10.5 Å². The fraction of sp³-hybridized carbons (Fsp3) is 0.294. The van der Waals surface area contributed by atoms with E-state index in [2.05, 4.69) is 22.2 Å². The topological polar surface area (TPSA) is 72.5 Å². The lowest BCUT2D eigenvalue weighted by molar-refractivity contribution is 0.440. The van der Waals surface area contributed by atoms with Gasteiger partial charge in [0.2, 0.25) is 0 Å². The highest BCUT2D eigenvalue weighted by atomic mass is 127. The van der Waals surface area contributed by atoms with Gasteiger partial charge in [-0.25, -0.2) is 9.38 Å². The first-order valence-electron chi connectivity index (χ1n) is 7.59. The molecule has 1 aromatic heterocycles. The molecule has 0 saturated heterocycles. The largest absolute Gasteiger partial charge is 0.453 e. The van der Waals surface area contributed by atoms with E-state index in [9.17, 15) is 4.39 Å². The van der Waals surface area contributed by atoms with Gasteiger partial charge in [0.05, 0.1) is 12.7 Å². The first kappa shape index (κ1) is 20.1. The molecule has 24 heavy (non-hydrogen) atoms. The normalized spacial score (nSPS) is 10.8.